The fourth-order valence-corrected chi connectivity index (χ4v) is 5.31. The van der Waals surface area contributed by atoms with Crippen LogP contribution >= 0.6 is 11.3 Å². The maximum Gasteiger partial charge on any atom is 0.326 e. The number of carbonyl (C=O) groups excluding carboxylic acids is 2. The number of carbonyl (C=O) groups is 2. The fraction of sp³-hybridized carbons (Fsp3) is 0.318. The average molecular weight is 493 g/mol. The minimum atomic E-state index is -3.64. The minimum Gasteiger partial charge on any atom is -0.493 e. The van der Waals surface area contributed by atoms with Crippen molar-refractivity contribution < 1.29 is 32.2 Å². The molecule has 0 radical (unpaired) electrons. The van der Waals surface area contributed by atoms with E-state index in [1.54, 1.807) is 31.2 Å². The van der Waals surface area contributed by atoms with Gasteiger partial charge in [0.25, 0.3) is 5.91 Å². The van der Waals surface area contributed by atoms with Crippen LogP contribution in [0.3, 0.4) is 0 Å². The summed E-state index contributed by atoms with van der Waals surface area (Å²) in [6, 6.07) is 9.34. The molecule has 0 unspecified atom stereocenters. The maximum atomic E-state index is 13.1. The van der Waals surface area contributed by atoms with E-state index in [2.05, 4.69) is 4.99 Å². The third-order valence-corrected chi connectivity index (χ3v) is 7.64. The Morgan fingerprint density at radius 3 is 2.36 bits per heavy atom. The Morgan fingerprint density at radius 1 is 1.06 bits per heavy atom. The molecule has 1 amide bonds. The Morgan fingerprint density at radius 2 is 1.73 bits per heavy atom. The molecule has 2 aromatic carbocycles. The number of fused-ring (bicyclic) bond motifs is 1. The van der Waals surface area contributed by atoms with E-state index in [1.165, 1.54) is 37.8 Å². The first-order valence-corrected chi connectivity index (χ1v) is 12.5. The molecule has 0 saturated heterocycles. The van der Waals surface area contributed by atoms with E-state index in [0.29, 0.717) is 21.7 Å². The second-order valence-electron chi connectivity index (χ2n) is 6.77. The highest BCUT2D eigenvalue weighted by Gasteiger charge is 2.21. The highest BCUT2D eigenvalue weighted by atomic mass is 32.2. The Balaban J connectivity index is 2.23. The molecule has 11 heteroatoms. The van der Waals surface area contributed by atoms with E-state index in [1.807, 2.05) is 0 Å². The van der Waals surface area contributed by atoms with Crippen LogP contribution in [0, 0.1) is 0 Å². The van der Waals surface area contributed by atoms with Crippen LogP contribution in [0.25, 0.3) is 10.2 Å². The first-order valence-electron chi connectivity index (χ1n) is 10.1. The molecule has 0 aliphatic carbocycles. The topological polar surface area (TPSA) is 113 Å². The molecule has 0 atom stereocenters. The summed E-state index contributed by atoms with van der Waals surface area (Å²) in [6.45, 7) is 3.21. The molecule has 0 aliphatic heterocycles. The lowest BCUT2D eigenvalue weighted by Gasteiger charge is -2.09. The molecule has 1 aromatic heterocycles. The van der Waals surface area contributed by atoms with Gasteiger partial charge in [-0.05, 0) is 19.1 Å². The van der Waals surface area contributed by atoms with Gasteiger partial charge in [0.1, 0.15) is 6.54 Å². The highest BCUT2D eigenvalue weighted by molar-refractivity contribution is 7.91. The first kappa shape index (κ1) is 24.5. The summed E-state index contributed by atoms with van der Waals surface area (Å²) in [5, 5.41) is 0. The Labute approximate surface area is 195 Å². The normalized spacial score (nSPS) is 12.1. The summed E-state index contributed by atoms with van der Waals surface area (Å²) in [5.41, 5.74) is 0.557. The number of rotatable bonds is 8. The molecular weight excluding hydrogens is 468 g/mol. The number of amides is 1. The van der Waals surface area contributed by atoms with Crippen molar-refractivity contribution in [1.82, 2.24) is 4.57 Å². The molecule has 0 aliphatic rings. The van der Waals surface area contributed by atoms with E-state index < -0.39 is 21.7 Å². The third kappa shape index (κ3) is 5.09. The van der Waals surface area contributed by atoms with Gasteiger partial charge in [0.2, 0.25) is 0 Å². The number of nitrogens with zero attached hydrogens (tertiary/aromatic N) is 2. The molecule has 3 rings (SSSR count). The smallest absolute Gasteiger partial charge is 0.326 e. The van der Waals surface area contributed by atoms with Crippen molar-refractivity contribution in [3.05, 3.63) is 46.8 Å². The number of methoxy groups -OCH3 is 2. The predicted molar refractivity (Wildman–Crippen MR) is 124 cm³/mol. The average Bonchev–Trinajstić information content (AvgIpc) is 3.13. The predicted octanol–water partition coefficient (Wildman–Crippen LogP) is 2.82. The monoisotopic (exact) mass is 492 g/mol. The van der Waals surface area contributed by atoms with E-state index in [4.69, 9.17) is 14.2 Å². The highest BCUT2D eigenvalue weighted by Crippen LogP contribution is 2.33. The number of esters is 1. The van der Waals surface area contributed by atoms with Crippen molar-refractivity contribution in [2.45, 2.75) is 25.3 Å². The van der Waals surface area contributed by atoms with Crippen molar-refractivity contribution in [2.24, 2.45) is 4.99 Å². The van der Waals surface area contributed by atoms with Gasteiger partial charge in [-0.3, -0.25) is 9.59 Å². The van der Waals surface area contributed by atoms with Crippen molar-refractivity contribution in [1.29, 1.82) is 0 Å². The number of thiazole rings is 1. The van der Waals surface area contributed by atoms with Crippen LogP contribution in [0.1, 0.15) is 24.2 Å². The molecule has 0 bridgehead atoms. The Bertz CT molecular complexity index is 1370. The van der Waals surface area contributed by atoms with Crippen molar-refractivity contribution in [3.63, 3.8) is 0 Å². The van der Waals surface area contributed by atoms with E-state index in [0.717, 1.165) is 11.3 Å². The Hall–Kier alpha value is -3.18. The van der Waals surface area contributed by atoms with Gasteiger partial charge >= 0.3 is 5.97 Å². The number of hydrogen-bond acceptors (Lipinski definition) is 8. The zero-order valence-electron chi connectivity index (χ0n) is 18.7. The molecule has 1 heterocycles. The zero-order chi connectivity index (χ0) is 24.2. The van der Waals surface area contributed by atoms with Gasteiger partial charge in [-0.2, -0.15) is 4.99 Å². The lowest BCUT2D eigenvalue weighted by Crippen LogP contribution is -2.23. The van der Waals surface area contributed by atoms with Gasteiger partial charge in [0.05, 0.1) is 47.3 Å². The summed E-state index contributed by atoms with van der Waals surface area (Å²) < 4.78 is 42.9. The van der Waals surface area contributed by atoms with Crippen LogP contribution in [-0.2, 0) is 25.9 Å². The number of ether oxygens (including phenoxy) is 3. The van der Waals surface area contributed by atoms with Gasteiger partial charge in [-0.15, -0.1) is 0 Å². The largest absolute Gasteiger partial charge is 0.493 e. The summed E-state index contributed by atoms with van der Waals surface area (Å²) in [6.07, 6.45) is 0. The van der Waals surface area contributed by atoms with Crippen molar-refractivity contribution in [2.75, 3.05) is 26.6 Å². The molecule has 0 N–H and O–H groups in total. The number of benzene rings is 2. The van der Waals surface area contributed by atoms with Crippen LogP contribution in [0.2, 0.25) is 0 Å². The third-order valence-electron chi connectivity index (χ3n) is 4.81. The van der Waals surface area contributed by atoms with Gasteiger partial charge in [-0.25, -0.2) is 8.42 Å². The van der Waals surface area contributed by atoms with Gasteiger partial charge in [0, 0.05) is 12.1 Å². The van der Waals surface area contributed by atoms with Crippen LogP contribution in [-0.4, -0.2) is 51.4 Å². The van der Waals surface area contributed by atoms with E-state index >= 15 is 0 Å². The van der Waals surface area contributed by atoms with Crippen LogP contribution in [0.15, 0.2) is 46.3 Å². The SMILES string of the molecule is CCOC(=O)Cn1c(=NC(=O)c2ccccc2S(=O)(=O)CC)sc2cc(OC)c(OC)cc21. The van der Waals surface area contributed by atoms with Gasteiger partial charge < -0.3 is 18.8 Å². The summed E-state index contributed by atoms with van der Waals surface area (Å²) in [4.78, 5) is 29.7. The quantitative estimate of drug-likeness (QED) is 0.444. The molecule has 0 saturated carbocycles. The molecule has 9 nitrogen and oxygen atoms in total. The van der Waals surface area contributed by atoms with Gasteiger partial charge in [-0.1, -0.05) is 30.4 Å². The molecule has 3 aromatic rings. The van der Waals surface area contributed by atoms with E-state index in [-0.39, 0.29) is 34.2 Å². The molecule has 176 valence electrons. The number of aromatic nitrogens is 1. The van der Waals surface area contributed by atoms with Crippen LogP contribution in [0.4, 0.5) is 0 Å². The second-order valence-corrected chi connectivity index (χ2v) is 10.0. The first-order chi connectivity index (χ1) is 15.7. The Kier molecular flexibility index (Phi) is 7.54. The molecular formula is C22H24N2O7S2. The van der Waals surface area contributed by atoms with Crippen LogP contribution < -0.4 is 14.3 Å². The summed E-state index contributed by atoms with van der Waals surface area (Å²) >= 11 is 1.16. The zero-order valence-corrected chi connectivity index (χ0v) is 20.3. The minimum absolute atomic E-state index is 0.0327. The molecule has 33 heavy (non-hydrogen) atoms. The lowest BCUT2D eigenvalue weighted by molar-refractivity contribution is -0.143. The van der Waals surface area contributed by atoms with E-state index in [9.17, 15) is 18.0 Å². The standard InChI is InChI=1S/C22H24N2O7S2/c1-5-31-20(25)13-24-15-11-16(29-3)17(30-4)12-18(15)32-22(24)23-21(26)14-9-7-8-10-19(14)33(27,28)6-2/h7-12H,5-6,13H2,1-4H3. The number of sulfone groups is 1. The summed E-state index contributed by atoms with van der Waals surface area (Å²) in [5.74, 6) is -0.465. The second kappa shape index (κ2) is 10.2. The molecule has 0 fully saturated rings. The lowest BCUT2D eigenvalue weighted by atomic mass is 10.2. The van der Waals surface area contributed by atoms with Crippen LogP contribution in [0.5, 0.6) is 11.5 Å². The maximum absolute atomic E-state index is 13.1. The fourth-order valence-electron chi connectivity index (χ4n) is 3.19. The van der Waals surface area contributed by atoms with Crippen molar-refractivity contribution in [3.8, 4) is 11.5 Å². The molecule has 0 spiro atoms. The number of hydrogen-bond donors (Lipinski definition) is 0. The van der Waals surface area contributed by atoms with Gasteiger partial charge in [0.15, 0.2) is 26.1 Å². The summed E-state index contributed by atoms with van der Waals surface area (Å²) in [7, 11) is -0.641. The van der Waals surface area contributed by atoms with Crippen molar-refractivity contribution >= 4 is 43.3 Å².